The monoisotopic (exact) mass is 453 g/mol. The van der Waals surface area contributed by atoms with E-state index in [1.165, 1.54) is 7.05 Å². The molecule has 0 aromatic carbocycles. The smallest absolute Gasteiger partial charge is 0.328 e. The van der Waals surface area contributed by atoms with Crippen LogP contribution in [0.3, 0.4) is 0 Å². The Morgan fingerprint density at radius 2 is 1.81 bits per heavy atom. The highest BCUT2D eigenvalue weighted by Gasteiger charge is 2.28. The minimum Gasteiger partial charge on any atom is -0.478 e. The number of aromatic amines is 1. The molecule has 1 saturated carbocycles. The fraction of sp³-hybridized carbons (Fsp3) is 0.474. The Labute approximate surface area is 180 Å². The molecule has 0 amide bonds. The summed E-state index contributed by atoms with van der Waals surface area (Å²) >= 11 is 0. The molecule has 0 saturated heterocycles. The molecule has 2 aromatic rings. The number of aliphatic carboxylic acids is 2. The second kappa shape index (κ2) is 10.9. The summed E-state index contributed by atoms with van der Waals surface area (Å²) in [4.78, 5) is 33.1. The number of nitrogens with zero attached hydrogens (tertiary/aromatic N) is 3. The van der Waals surface area contributed by atoms with Crippen LogP contribution >= 0.6 is 0 Å². The molecule has 0 spiro atoms. The number of H-pyrrole nitrogens is 1. The summed E-state index contributed by atoms with van der Waals surface area (Å²) in [7, 11) is 0.419. The molecular formula is C19H27N5O6S. The Balaban J connectivity index is 0.000000366. The Hall–Kier alpha value is -2.99. The predicted molar refractivity (Wildman–Crippen MR) is 115 cm³/mol. The Morgan fingerprint density at radius 3 is 2.35 bits per heavy atom. The highest BCUT2D eigenvalue weighted by Crippen LogP contribution is 2.31. The molecule has 2 heterocycles. The van der Waals surface area contributed by atoms with Gasteiger partial charge in [0, 0.05) is 31.4 Å². The molecule has 0 unspecified atom stereocenters. The summed E-state index contributed by atoms with van der Waals surface area (Å²) in [6.45, 7) is 0. The van der Waals surface area contributed by atoms with Gasteiger partial charge in [-0.25, -0.2) is 32.7 Å². The molecule has 0 radical (unpaired) electrons. The van der Waals surface area contributed by atoms with Gasteiger partial charge < -0.3 is 20.1 Å². The van der Waals surface area contributed by atoms with Crippen LogP contribution in [0, 0.1) is 5.92 Å². The average Bonchev–Trinajstić information content (AvgIpc) is 3.21. The highest BCUT2D eigenvalue weighted by molar-refractivity contribution is 7.89. The third-order valence-electron chi connectivity index (χ3n) is 5.17. The lowest BCUT2D eigenvalue weighted by atomic mass is 9.86. The van der Waals surface area contributed by atoms with Gasteiger partial charge in [0.25, 0.3) is 0 Å². The fourth-order valence-electron chi connectivity index (χ4n) is 3.55. The molecule has 170 valence electrons. The summed E-state index contributed by atoms with van der Waals surface area (Å²) in [5.74, 6) is -1.10. The van der Waals surface area contributed by atoms with Crippen molar-refractivity contribution in [1.82, 2.24) is 19.7 Å². The van der Waals surface area contributed by atoms with Crippen LogP contribution in [0.5, 0.6) is 0 Å². The van der Waals surface area contributed by atoms with Crippen molar-refractivity contribution < 1.29 is 28.2 Å². The van der Waals surface area contributed by atoms with Crippen LogP contribution in [0.1, 0.15) is 25.7 Å². The maximum absolute atomic E-state index is 11.7. The zero-order valence-corrected chi connectivity index (χ0v) is 18.2. The van der Waals surface area contributed by atoms with Gasteiger partial charge in [0.15, 0.2) is 0 Å². The van der Waals surface area contributed by atoms with E-state index in [-0.39, 0.29) is 11.7 Å². The van der Waals surface area contributed by atoms with E-state index in [1.807, 2.05) is 12.3 Å². The molecule has 4 N–H and O–H groups in total. The first-order chi connectivity index (χ1) is 14.6. The molecular weight excluding hydrogens is 426 g/mol. The number of carboxylic acids is 2. The van der Waals surface area contributed by atoms with Crippen molar-refractivity contribution in [3.05, 3.63) is 30.7 Å². The Morgan fingerprint density at radius 1 is 1.19 bits per heavy atom. The first-order valence-electron chi connectivity index (χ1n) is 9.69. The minimum absolute atomic E-state index is 0.232. The van der Waals surface area contributed by atoms with E-state index < -0.39 is 22.0 Å². The standard InChI is InChI=1S/C15H23N5O2S.C4H4O4/c1-16-23(21,22)9-11-3-5-12(6-4-11)20(2)15-13-7-8-17-14(13)18-10-19-15;5-3(6)1-2-4(7)8/h7-8,10-12,16H,3-6,9H2,1-2H3,(H,17,18,19);1-2H,(H,5,6)(H,7,8)/b;2-1-. The third kappa shape index (κ3) is 7.33. The normalized spacial score (nSPS) is 19.0. The molecule has 0 bridgehead atoms. The molecule has 31 heavy (non-hydrogen) atoms. The summed E-state index contributed by atoms with van der Waals surface area (Å²) in [6, 6.07) is 2.38. The number of hydrogen-bond donors (Lipinski definition) is 4. The first kappa shape index (κ1) is 24.3. The number of carbonyl (C=O) groups is 2. The molecule has 2 aromatic heterocycles. The van der Waals surface area contributed by atoms with Gasteiger partial charge in [-0.3, -0.25) is 0 Å². The van der Waals surface area contributed by atoms with Crippen LogP contribution in [0.2, 0.25) is 0 Å². The number of nitrogens with one attached hydrogen (secondary N) is 2. The molecule has 11 nitrogen and oxygen atoms in total. The van der Waals surface area contributed by atoms with Gasteiger partial charge in [-0.1, -0.05) is 0 Å². The van der Waals surface area contributed by atoms with Crippen molar-refractivity contribution in [2.75, 3.05) is 24.7 Å². The Bertz CT molecular complexity index is 1010. The largest absolute Gasteiger partial charge is 0.478 e. The van der Waals surface area contributed by atoms with Crippen molar-refractivity contribution >= 4 is 38.8 Å². The van der Waals surface area contributed by atoms with Gasteiger partial charge in [0.2, 0.25) is 10.0 Å². The number of hydrogen-bond acceptors (Lipinski definition) is 7. The number of anilines is 1. The van der Waals surface area contributed by atoms with Gasteiger partial charge in [0.1, 0.15) is 17.8 Å². The summed E-state index contributed by atoms with van der Waals surface area (Å²) in [5.41, 5.74) is 0.843. The molecule has 0 aliphatic heterocycles. The topological polar surface area (TPSA) is 166 Å². The van der Waals surface area contributed by atoms with Crippen molar-refractivity contribution in [3.8, 4) is 0 Å². The van der Waals surface area contributed by atoms with E-state index in [9.17, 15) is 18.0 Å². The number of rotatable bonds is 7. The van der Waals surface area contributed by atoms with Gasteiger partial charge in [-0.2, -0.15) is 0 Å². The van der Waals surface area contributed by atoms with Crippen LogP contribution in [-0.2, 0) is 19.6 Å². The summed E-state index contributed by atoms with van der Waals surface area (Å²) in [5, 5.41) is 16.6. The van der Waals surface area contributed by atoms with E-state index in [4.69, 9.17) is 10.2 Å². The van der Waals surface area contributed by atoms with Crippen molar-refractivity contribution in [2.24, 2.45) is 5.92 Å². The lowest BCUT2D eigenvalue weighted by molar-refractivity contribution is -0.134. The van der Waals surface area contributed by atoms with Crippen LogP contribution in [0.15, 0.2) is 30.7 Å². The van der Waals surface area contributed by atoms with Gasteiger partial charge >= 0.3 is 11.9 Å². The average molecular weight is 454 g/mol. The summed E-state index contributed by atoms with van der Waals surface area (Å²) in [6.07, 6.45) is 8.39. The van der Waals surface area contributed by atoms with Crippen LogP contribution < -0.4 is 9.62 Å². The van der Waals surface area contributed by atoms with Crippen molar-refractivity contribution in [3.63, 3.8) is 0 Å². The third-order valence-corrected chi connectivity index (χ3v) is 6.70. The van der Waals surface area contributed by atoms with Crippen LogP contribution in [0.25, 0.3) is 11.0 Å². The number of sulfonamides is 1. The van der Waals surface area contributed by atoms with Gasteiger partial charge in [-0.05, 0) is 44.7 Å². The minimum atomic E-state index is -3.12. The van der Waals surface area contributed by atoms with E-state index in [0.717, 1.165) is 42.5 Å². The highest BCUT2D eigenvalue weighted by atomic mass is 32.2. The molecule has 0 atom stereocenters. The number of carboxylic acid groups (broad SMARTS) is 2. The first-order valence-corrected chi connectivity index (χ1v) is 11.3. The molecule has 1 aliphatic carbocycles. The van der Waals surface area contributed by atoms with Crippen molar-refractivity contribution in [1.29, 1.82) is 0 Å². The van der Waals surface area contributed by atoms with Crippen LogP contribution in [-0.4, -0.2) is 71.4 Å². The maximum Gasteiger partial charge on any atom is 0.328 e. The number of fused-ring (bicyclic) bond motifs is 1. The Kier molecular flexibility index (Phi) is 8.51. The maximum atomic E-state index is 11.7. The lowest BCUT2D eigenvalue weighted by Gasteiger charge is -2.35. The quantitative estimate of drug-likeness (QED) is 0.451. The molecule has 3 rings (SSSR count). The van der Waals surface area contributed by atoms with E-state index in [0.29, 0.717) is 18.2 Å². The molecule has 12 heteroatoms. The second-order valence-corrected chi connectivity index (χ2v) is 9.19. The summed E-state index contributed by atoms with van der Waals surface area (Å²) < 4.78 is 25.8. The van der Waals surface area contributed by atoms with E-state index >= 15 is 0 Å². The van der Waals surface area contributed by atoms with Gasteiger partial charge in [0.05, 0.1) is 11.1 Å². The zero-order valence-electron chi connectivity index (χ0n) is 17.4. The van der Waals surface area contributed by atoms with Gasteiger partial charge in [-0.15, -0.1) is 0 Å². The van der Waals surface area contributed by atoms with E-state index in [1.54, 1.807) is 6.33 Å². The molecule has 1 aliphatic rings. The number of aromatic nitrogens is 3. The zero-order chi connectivity index (χ0) is 23.0. The lowest BCUT2D eigenvalue weighted by Crippen LogP contribution is -2.37. The second-order valence-electron chi connectivity index (χ2n) is 7.22. The van der Waals surface area contributed by atoms with Crippen LogP contribution in [0.4, 0.5) is 5.82 Å². The van der Waals surface area contributed by atoms with Crippen molar-refractivity contribution in [2.45, 2.75) is 31.7 Å². The van der Waals surface area contributed by atoms with E-state index in [2.05, 4.69) is 31.6 Å². The predicted octanol–water partition coefficient (Wildman–Crippen LogP) is 1.21. The SMILES string of the molecule is CNS(=O)(=O)CC1CCC(N(C)c2ncnc3[nH]ccc23)CC1.O=C(O)/C=C\C(=O)O. The molecule has 1 fully saturated rings. The fourth-order valence-corrected chi connectivity index (χ4v) is 4.67.